The van der Waals surface area contributed by atoms with Gasteiger partial charge in [-0.15, -0.1) is 0 Å². The van der Waals surface area contributed by atoms with Crippen LogP contribution in [0.5, 0.6) is 11.5 Å². The largest absolute Gasteiger partial charge is 0.423 e. The molecule has 1 rings (SSSR count). The molecule has 0 saturated carbocycles. The van der Waals surface area contributed by atoms with Gasteiger partial charge in [0.15, 0.2) is 11.5 Å². The van der Waals surface area contributed by atoms with Crippen molar-refractivity contribution >= 4 is 11.9 Å². The van der Waals surface area contributed by atoms with Crippen LogP contribution in [0.1, 0.15) is 143 Å². The van der Waals surface area contributed by atoms with Crippen molar-refractivity contribution in [3.63, 3.8) is 0 Å². The van der Waals surface area contributed by atoms with Gasteiger partial charge >= 0.3 is 11.9 Å². The van der Waals surface area contributed by atoms with Crippen LogP contribution in [0.3, 0.4) is 0 Å². The molecule has 0 heterocycles. The van der Waals surface area contributed by atoms with E-state index in [9.17, 15) is 9.59 Å². The number of rotatable bonds is 21. The first kappa shape index (κ1) is 32.2. The van der Waals surface area contributed by atoms with Gasteiger partial charge in [-0.2, -0.15) is 0 Å². The highest BCUT2D eigenvalue weighted by Gasteiger charge is 2.18. The predicted octanol–water partition coefficient (Wildman–Crippen LogP) is 9.61. The van der Waals surface area contributed by atoms with Gasteiger partial charge in [0.25, 0.3) is 0 Å². The first-order valence-electron chi connectivity index (χ1n) is 14.9. The molecular weight excluding hydrogens is 448 g/mol. The molecule has 0 aliphatic heterocycles. The Labute approximate surface area is 221 Å². The van der Waals surface area contributed by atoms with E-state index in [1.807, 2.05) is 12.1 Å². The molecule has 4 nitrogen and oxygen atoms in total. The molecule has 1 aromatic carbocycles. The summed E-state index contributed by atoms with van der Waals surface area (Å²) in [6.45, 7) is 10.9. The van der Waals surface area contributed by atoms with E-state index in [0.29, 0.717) is 36.2 Å². The second-order valence-corrected chi connectivity index (χ2v) is 11.2. The summed E-state index contributed by atoms with van der Waals surface area (Å²) in [4.78, 5) is 25.1. The summed E-state index contributed by atoms with van der Waals surface area (Å²) in [7, 11) is 0. The van der Waals surface area contributed by atoms with E-state index in [1.54, 1.807) is 6.07 Å². The highest BCUT2D eigenvalue weighted by Crippen LogP contribution is 2.34. The van der Waals surface area contributed by atoms with Crippen molar-refractivity contribution in [1.82, 2.24) is 0 Å². The van der Waals surface area contributed by atoms with Crippen LogP contribution in [0.2, 0.25) is 0 Å². The average molecular weight is 503 g/mol. The Morgan fingerprint density at radius 1 is 0.667 bits per heavy atom. The van der Waals surface area contributed by atoms with Crippen LogP contribution < -0.4 is 9.47 Å². The molecule has 0 aliphatic rings. The molecule has 0 N–H and O–H groups in total. The number of hydrogen-bond acceptors (Lipinski definition) is 4. The Kier molecular flexibility index (Phi) is 18.1. The molecule has 0 saturated heterocycles. The second-order valence-electron chi connectivity index (χ2n) is 11.2. The van der Waals surface area contributed by atoms with Crippen molar-refractivity contribution in [2.45, 2.75) is 144 Å². The monoisotopic (exact) mass is 502 g/mol. The predicted molar refractivity (Wildman–Crippen MR) is 151 cm³/mol. The molecule has 206 valence electrons. The Morgan fingerprint density at radius 3 is 1.69 bits per heavy atom. The lowest BCUT2D eigenvalue weighted by atomic mass is 10.0. The summed E-state index contributed by atoms with van der Waals surface area (Å²) in [6.07, 6.45) is 18.0. The molecule has 0 unspecified atom stereocenters. The number of aryl methyl sites for hydroxylation is 1. The van der Waals surface area contributed by atoms with Crippen molar-refractivity contribution in [2.75, 3.05) is 0 Å². The Morgan fingerprint density at radius 2 is 1.17 bits per heavy atom. The van der Waals surface area contributed by atoms with Gasteiger partial charge in [0.2, 0.25) is 0 Å². The van der Waals surface area contributed by atoms with Crippen LogP contribution in [-0.2, 0) is 16.0 Å². The lowest BCUT2D eigenvalue weighted by molar-refractivity contribution is -0.137. The standard InChI is InChI=1S/C32H54O4/c1-6-7-8-9-10-11-12-13-14-15-21-28-22-18-23-29(35-30(33)24-16-19-26(2)3)32(28)36-31(34)25-17-20-27(4)5/h18,22-23,26-27H,6-17,19-21,24-25H2,1-5H3. The fraction of sp³-hybridized carbons (Fsp3) is 0.750. The quantitative estimate of drug-likeness (QED) is 0.0953. The van der Waals surface area contributed by atoms with E-state index in [2.05, 4.69) is 34.6 Å². The van der Waals surface area contributed by atoms with Crippen molar-refractivity contribution in [3.8, 4) is 11.5 Å². The third-order valence-electron chi connectivity index (χ3n) is 6.62. The molecule has 0 aliphatic carbocycles. The van der Waals surface area contributed by atoms with Crippen molar-refractivity contribution in [1.29, 1.82) is 0 Å². The summed E-state index contributed by atoms with van der Waals surface area (Å²) in [5.74, 6) is 1.44. The van der Waals surface area contributed by atoms with Crippen LogP contribution >= 0.6 is 0 Å². The van der Waals surface area contributed by atoms with E-state index in [-0.39, 0.29) is 11.9 Å². The van der Waals surface area contributed by atoms with Crippen LogP contribution in [0.4, 0.5) is 0 Å². The van der Waals surface area contributed by atoms with Gasteiger partial charge in [0.1, 0.15) is 0 Å². The maximum absolute atomic E-state index is 12.6. The Balaban J connectivity index is 2.67. The Hall–Kier alpha value is -1.84. The molecule has 0 spiro atoms. The van der Waals surface area contributed by atoms with Gasteiger partial charge < -0.3 is 9.47 Å². The van der Waals surface area contributed by atoms with Crippen LogP contribution in [0, 0.1) is 11.8 Å². The number of esters is 2. The van der Waals surface area contributed by atoms with E-state index in [4.69, 9.17) is 9.47 Å². The average Bonchev–Trinajstić information content (AvgIpc) is 2.81. The molecule has 36 heavy (non-hydrogen) atoms. The number of carbonyl (C=O) groups is 2. The zero-order valence-electron chi connectivity index (χ0n) is 24.0. The second kappa shape index (κ2) is 20.2. The molecule has 0 aromatic heterocycles. The van der Waals surface area contributed by atoms with Crippen molar-refractivity contribution in [3.05, 3.63) is 23.8 Å². The minimum Gasteiger partial charge on any atom is -0.423 e. The Bertz CT molecular complexity index is 723. The minimum absolute atomic E-state index is 0.247. The summed E-state index contributed by atoms with van der Waals surface area (Å²) < 4.78 is 11.5. The lowest BCUT2D eigenvalue weighted by Crippen LogP contribution is -2.13. The third-order valence-corrected chi connectivity index (χ3v) is 6.62. The zero-order chi connectivity index (χ0) is 26.6. The number of hydrogen-bond donors (Lipinski definition) is 0. The third kappa shape index (κ3) is 16.0. The van der Waals surface area contributed by atoms with Gasteiger partial charge in [-0.1, -0.05) is 117 Å². The molecule has 4 heteroatoms. The van der Waals surface area contributed by atoms with Crippen molar-refractivity contribution < 1.29 is 19.1 Å². The van der Waals surface area contributed by atoms with Gasteiger partial charge in [0.05, 0.1) is 0 Å². The van der Waals surface area contributed by atoms with E-state index < -0.39 is 0 Å². The van der Waals surface area contributed by atoms with E-state index >= 15 is 0 Å². The normalized spacial score (nSPS) is 11.3. The SMILES string of the molecule is CCCCCCCCCCCCc1cccc(OC(=O)CCCC(C)C)c1OC(=O)CCCC(C)C. The lowest BCUT2D eigenvalue weighted by Gasteiger charge is -2.15. The number of carbonyl (C=O) groups excluding carboxylic acids is 2. The van der Waals surface area contributed by atoms with E-state index in [0.717, 1.165) is 50.5 Å². The van der Waals surface area contributed by atoms with Gasteiger partial charge in [-0.25, -0.2) is 0 Å². The molecule has 0 radical (unpaired) electrons. The summed E-state index contributed by atoms with van der Waals surface area (Å²) >= 11 is 0. The summed E-state index contributed by atoms with van der Waals surface area (Å²) in [5.41, 5.74) is 0.958. The summed E-state index contributed by atoms with van der Waals surface area (Å²) in [5, 5.41) is 0. The number of unbranched alkanes of at least 4 members (excludes halogenated alkanes) is 9. The molecule has 0 bridgehead atoms. The fourth-order valence-electron chi connectivity index (χ4n) is 4.41. The van der Waals surface area contributed by atoms with Crippen LogP contribution in [-0.4, -0.2) is 11.9 Å². The van der Waals surface area contributed by atoms with Crippen molar-refractivity contribution in [2.24, 2.45) is 11.8 Å². The first-order chi connectivity index (χ1) is 17.3. The molecule has 0 atom stereocenters. The molecule has 1 aromatic rings. The highest BCUT2D eigenvalue weighted by molar-refractivity contribution is 5.76. The minimum atomic E-state index is -0.260. The van der Waals surface area contributed by atoms with Crippen LogP contribution in [0.15, 0.2) is 18.2 Å². The van der Waals surface area contributed by atoms with Crippen LogP contribution in [0.25, 0.3) is 0 Å². The molecule has 0 amide bonds. The van der Waals surface area contributed by atoms with Gasteiger partial charge in [-0.05, 0) is 49.1 Å². The maximum atomic E-state index is 12.6. The number of para-hydroxylation sites is 1. The number of ether oxygens (including phenoxy) is 2. The first-order valence-corrected chi connectivity index (χ1v) is 14.9. The number of benzene rings is 1. The van der Waals surface area contributed by atoms with Gasteiger partial charge in [-0.3, -0.25) is 9.59 Å². The highest BCUT2D eigenvalue weighted by atomic mass is 16.6. The smallest absolute Gasteiger partial charge is 0.311 e. The van der Waals surface area contributed by atoms with Gasteiger partial charge in [0, 0.05) is 12.8 Å². The maximum Gasteiger partial charge on any atom is 0.311 e. The van der Waals surface area contributed by atoms with E-state index in [1.165, 1.54) is 51.4 Å². The summed E-state index contributed by atoms with van der Waals surface area (Å²) in [6, 6.07) is 5.65. The topological polar surface area (TPSA) is 52.6 Å². The zero-order valence-corrected chi connectivity index (χ0v) is 24.0. The molecule has 0 fully saturated rings. The molecular formula is C32H54O4. The fourth-order valence-corrected chi connectivity index (χ4v) is 4.41.